The molecule has 18 heavy (non-hydrogen) atoms. The highest BCUT2D eigenvalue weighted by Gasteiger charge is 2.33. The van der Waals surface area contributed by atoms with E-state index in [2.05, 4.69) is 46.5 Å². The minimum absolute atomic E-state index is 0.646. The van der Waals surface area contributed by atoms with Gasteiger partial charge >= 0.3 is 0 Å². The van der Waals surface area contributed by atoms with E-state index in [1.807, 2.05) is 0 Å². The molecule has 0 aliphatic carbocycles. The van der Waals surface area contributed by atoms with E-state index in [1.54, 1.807) is 0 Å². The quantitative estimate of drug-likeness (QED) is 0.752. The van der Waals surface area contributed by atoms with Gasteiger partial charge in [0.2, 0.25) is 0 Å². The van der Waals surface area contributed by atoms with Crippen LogP contribution in [0.1, 0.15) is 18.4 Å². The summed E-state index contributed by atoms with van der Waals surface area (Å²) in [5.74, 6) is 1.56. The SMILES string of the molecule is c1ccc(CC2CNNC2C2CCNCC2)cc1. The zero-order chi connectivity index (χ0) is 12.2. The van der Waals surface area contributed by atoms with Gasteiger partial charge in [-0.2, -0.15) is 0 Å². The maximum atomic E-state index is 3.52. The van der Waals surface area contributed by atoms with Gasteiger partial charge in [0, 0.05) is 12.6 Å². The van der Waals surface area contributed by atoms with Crippen molar-refractivity contribution in [2.75, 3.05) is 19.6 Å². The molecule has 2 heterocycles. The molecule has 98 valence electrons. The zero-order valence-electron chi connectivity index (χ0n) is 10.9. The highest BCUT2D eigenvalue weighted by Crippen LogP contribution is 2.26. The predicted molar refractivity (Wildman–Crippen MR) is 74.2 cm³/mol. The van der Waals surface area contributed by atoms with E-state index in [0.29, 0.717) is 6.04 Å². The summed E-state index contributed by atoms with van der Waals surface area (Å²) >= 11 is 0. The van der Waals surface area contributed by atoms with Crippen LogP contribution >= 0.6 is 0 Å². The van der Waals surface area contributed by atoms with Gasteiger partial charge in [-0.25, -0.2) is 0 Å². The van der Waals surface area contributed by atoms with Gasteiger partial charge < -0.3 is 5.32 Å². The maximum Gasteiger partial charge on any atom is 0.0286 e. The van der Waals surface area contributed by atoms with Gasteiger partial charge in [0.05, 0.1) is 0 Å². The molecule has 3 heteroatoms. The number of hydrogen-bond acceptors (Lipinski definition) is 3. The first-order valence-electron chi connectivity index (χ1n) is 7.16. The second-order valence-electron chi connectivity index (χ2n) is 5.59. The Morgan fingerprint density at radius 3 is 2.61 bits per heavy atom. The van der Waals surface area contributed by atoms with Crippen molar-refractivity contribution in [3.63, 3.8) is 0 Å². The van der Waals surface area contributed by atoms with Gasteiger partial charge in [-0.1, -0.05) is 30.3 Å². The lowest BCUT2D eigenvalue weighted by atomic mass is 9.81. The summed E-state index contributed by atoms with van der Waals surface area (Å²) in [4.78, 5) is 0. The Morgan fingerprint density at radius 2 is 1.83 bits per heavy atom. The fourth-order valence-corrected chi connectivity index (χ4v) is 3.37. The third-order valence-corrected chi connectivity index (χ3v) is 4.37. The van der Waals surface area contributed by atoms with E-state index in [-0.39, 0.29) is 0 Å². The summed E-state index contributed by atoms with van der Waals surface area (Å²) in [5.41, 5.74) is 8.35. The number of nitrogens with one attached hydrogen (secondary N) is 3. The van der Waals surface area contributed by atoms with Crippen molar-refractivity contribution in [1.29, 1.82) is 0 Å². The third kappa shape index (κ3) is 2.74. The van der Waals surface area contributed by atoms with Crippen LogP contribution in [0.15, 0.2) is 30.3 Å². The number of piperidine rings is 1. The van der Waals surface area contributed by atoms with Crippen LogP contribution in [0.25, 0.3) is 0 Å². The van der Waals surface area contributed by atoms with Crippen molar-refractivity contribution < 1.29 is 0 Å². The molecule has 0 aromatic heterocycles. The lowest BCUT2D eigenvalue weighted by molar-refractivity contribution is 0.254. The normalized spacial score (nSPS) is 29.6. The topological polar surface area (TPSA) is 36.1 Å². The van der Waals surface area contributed by atoms with Crippen molar-refractivity contribution in [3.05, 3.63) is 35.9 Å². The van der Waals surface area contributed by atoms with Crippen LogP contribution in [0.5, 0.6) is 0 Å². The minimum atomic E-state index is 0.646. The Labute approximate surface area is 109 Å². The Bertz CT molecular complexity index is 359. The number of rotatable bonds is 3. The summed E-state index contributed by atoms with van der Waals surface area (Å²) < 4.78 is 0. The molecule has 2 unspecified atom stereocenters. The Hall–Kier alpha value is -0.900. The summed E-state index contributed by atoms with van der Waals surface area (Å²) in [6.07, 6.45) is 3.81. The van der Waals surface area contributed by atoms with Gasteiger partial charge in [0.15, 0.2) is 0 Å². The molecule has 1 aromatic carbocycles. The lowest BCUT2D eigenvalue weighted by Crippen LogP contribution is -2.43. The molecule has 2 atom stereocenters. The van der Waals surface area contributed by atoms with Crippen LogP contribution in [0.4, 0.5) is 0 Å². The molecule has 1 aromatic rings. The van der Waals surface area contributed by atoms with Crippen LogP contribution in [0.3, 0.4) is 0 Å². The minimum Gasteiger partial charge on any atom is -0.317 e. The first-order chi connectivity index (χ1) is 8.93. The zero-order valence-corrected chi connectivity index (χ0v) is 10.9. The molecule has 0 bridgehead atoms. The van der Waals surface area contributed by atoms with E-state index >= 15 is 0 Å². The molecule has 3 N–H and O–H groups in total. The molecular weight excluding hydrogens is 222 g/mol. The van der Waals surface area contributed by atoms with Gasteiger partial charge in [-0.3, -0.25) is 10.9 Å². The van der Waals surface area contributed by atoms with Gasteiger partial charge in [-0.15, -0.1) is 0 Å². The third-order valence-electron chi connectivity index (χ3n) is 4.37. The van der Waals surface area contributed by atoms with E-state index in [4.69, 9.17) is 0 Å². The fourth-order valence-electron chi connectivity index (χ4n) is 3.37. The van der Waals surface area contributed by atoms with Crippen molar-refractivity contribution in [2.45, 2.75) is 25.3 Å². The van der Waals surface area contributed by atoms with Gasteiger partial charge in [0.25, 0.3) is 0 Å². The Morgan fingerprint density at radius 1 is 1.06 bits per heavy atom. The van der Waals surface area contributed by atoms with Crippen LogP contribution in [-0.2, 0) is 6.42 Å². The molecule has 0 radical (unpaired) electrons. The van der Waals surface area contributed by atoms with E-state index < -0.39 is 0 Å². The Balaban J connectivity index is 1.63. The molecule has 2 fully saturated rings. The highest BCUT2D eigenvalue weighted by molar-refractivity contribution is 5.16. The summed E-state index contributed by atoms with van der Waals surface area (Å²) in [5, 5.41) is 3.45. The second kappa shape index (κ2) is 5.83. The molecule has 0 spiro atoms. The smallest absolute Gasteiger partial charge is 0.0286 e. The Kier molecular flexibility index (Phi) is 3.93. The van der Waals surface area contributed by atoms with Gasteiger partial charge in [-0.05, 0) is 49.8 Å². The maximum absolute atomic E-state index is 3.52. The van der Waals surface area contributed by atoms with Gasteiger partial charge in [0.1, 0.15) is 0 Å². The fraction of sp³-hybridized carbons (Fsp3) is 0.600. The summed E-state index contributed by atoms with van der Waals surface area (Å²) in [6.45, 7) is 3.46. The molecular formula is C15H23N3. The van der Waals surface area contributed by atoms with Crippen LogP contribution < -0.4 is 16.2 Å². The molecule has 0 saturated carbocycles. The van der Waals surface area contributed by atoms with Crippen LogP contribution in [0, 0.1) is 11.8 Å². The average molecular weight is 245 g/mol. The van der Waals surface area contributed by atoms with Crippen molar-refractivity contribution in [2.24, 2.45) is 11.8 Å². The van der Waals surface area contributed by atoms with Crippen LogP contribution in [0.2, 0.25) is 0 Å². The highest BCUT2D eigenvalue weighted by atomic mass is 15.4. The van der Waals surface area contributed by atoms with E-state index in [0.717, 1.165) is 18.4 Å². The molecule has 3 nitrogen and oxygen atoms in total. The average Bonchev–Trinajstić information content (AvgIpc) is 2.89. The van der Waals surface area contributed by atoms with E-state index in [9.17, 15) is 0 Å². The molecule has 2 aliphatic heterocycles. The second-order valence-corrected chi connectivity index (χ2v) is 5.59. The van der Waals surface area contributed by atoms with Crippen molar-refractivity contribution >= 4 is 0 Å². The summed E-state index contributed by atoms with van der Waals surface area (Å²) in [6, 6.07) is 11.5. The molecule has 3 rings (SSSR count). The molecule has 2 saturated heterocycles. The number of hydrogen-bond donors (Lipinski definition) is 3. The predicted octanol–water partition coefficient (Wildman–Crippen LogP) is 1.32. The number of hydrazine groups is 1. The monoisotopic (exact) mass is 245 g/mol. The largest absolute Gasteiger partial charge is 0.317 e. The van der Waals surface area contributed by atoms with E-state index in [1.165, 1.54) is 37.9 Å². The lowest BCUT2D eigenvalue weighted by Gasteiger charge is -2.31. The van der Waals surface area contributed by atoms with Crippen molar-refractivity contribution in [1.82, 2.24) is 16.2 Å². The first-order valence-corrected chi connectivity index (χ1v) is 7.16. The molecule has 0 amide bonds. The van der Waals surface area contributed by atoms with Crippen LogP contribution in [-0.4, -0.2) is 25.7 Å². The van der Waals surface area contributed by atoms with Crippen molar-refractivity contribution in [3.8, 4) is 0 Å². The molecule has 2 aliphatic rings. The summed E-state index contributed by atoms with van der Waals surface area (Å²) in [7, 11) is 0. The number of benzene rings is 1. The standard InChI is InChI=1S/C15H23N3/c1-2-4-12(5-3-1)10-14-11-17-18-15(14)13-6-8-16-9-7-13/h1-5,13-18H,6-11H2. The first kappa shape index (κ1) is 12.2.